The van der Waals surface area contributed by atoms with Gasteiger partial charge in [0.1, 0.15) is 13.2 Å². The number of hydrogen-bond donors (Lipinski definition) is 0. The predicted molar refractivity (Wildman–Crippen MR) is 270 cm³/mol. The minimum atomic E-state index is -0.781. The van der Waals surface area contributed by atoms with E-state index in [4.69, 9.17) is 14.2 Å². The molecule has 0 amide bonds. The van der Waals surface area contributed by atoms with E-state index in [1.54, 1.807) is 0 Å². The predicted octanol–water partition coefficient (Wildman–Crippen LogP) is 17.9. The van der Waals surface area contributed by atoms with Crippen LogP contribution in [0.2, 0.25) is 0 Å². The number of carbonyl (C=O) groups excluding carboxylic acids is 3. The zero-order valence-electron chi connectivity index (χ0n) is 41.8. The fourth-order valence-electron chi connectivity index (χ4n) is 7.75. The normalized spacial score (nSPS) is 12.4. The van der Waals surface area contributed by atoms with Crippen LogP contribution in [0.3, 0.4) is 0 Å². The van der Waals surface area contributed by atoms with Crippen molar-refractivity contribution in [3.05, 3.63) is 48.6 Å². The van der Waals surface area contributed by atoms with Gasteiger partial charge in [-0.05, 0) is 77.0 Å². The lowest BCUT2D eigenvalue weighted by atomic mass is 10.0. The first-order valence-electron chi connectivity index (χ1n) is 27.1. The highest BCUT2D eigenvalue weighted by Crippen LogP contribution is 2.16. The molecule has 0 aliphatic heterocycles. The number of unbranched alkanes of at least 4 members (excludes halogenated alkanes) is 30. The quantitative estimate of drug-likeness (QED) is 0.0262. The number of rotatable bonds is 49. The van der Waals surface area contributed by atoms with Crippen LogP contribution in [0.5, 0.6) is 0 Å². The Morgan fingerprint density at radius 2 is 0.619 bits per heavy atom. The molecule has 0 aromatic heterocycles. The number of esters is 3. The molecule has 0 N–H and O–H groups in total. The van der Waals surface area contributed by atoms with Crippen LogP contribution in [0, 0.1) is 0 Å². The van der Waals surface area contributed by atoms with Gasteiger partial charge in [0.05, 0.1) is 0 Å². The van der Waals surface area contributed by atoms with Crippen molar-refractivity contribution in [1.29, 1.82) is 0 Å². The Balaban J connectivity index is 4.38. The Morgan fingerprint density at radius 3 is 1.00 bits per heavy atom. The molecule has 63 heavy (non-hydrogen) atoms. The van der Waals surface area contributed by atoms with Gasteiger partial charge in [0.15, 0.2) is 6.10 Å². The van der Waals surface area contributed by atoms with Crippen molar-refractivity contribution < 1.29 is 28.6 Å². The summed E-state index contributed by atoms with van der Waals surface area (Å²) in [6.07, 6.45) is 62.4. The summed E-state index contributed by atoms with van der Waals surface area (Å²) < 4.78 is 16.8. The maximum atomic E-state index is 12.8. The summed E-state index contributed by atoms with van der Waals surface area (Å²) in [6, 6.07) is 0. The van der Waals surface area contributed by atoms with Crippen molar-refractivity contribution in [3.8, 4) is 0 Å². The van der Waals surface area contributed by atoms with Crippen LogP contribution < -0.4 is 0 Å². The Morgan fingerprint density at radius 1 is 0.333 bits per heavy atom. The van der Waals surface area contributed by atoms with Crippen LogP contribution in [-0.2, 0) is 28.6 Å². The van der Waals surface area contributed by atoms with Crippen molar-refractivity contribution in [2.75, 3.05) is 13.2 Å². The third-order valence-electron chi connectivity index (χ3n) is 11.8. The lowest BCUT2D eigenvalue weighted by Crippen LogP contribution is -2.30. The molecule has 1 atom stereocenters. The van der Waals surface area contributed by atoms with E-state index in [9.17, 15) is 14.4 Å². The molecule has 0 saturated heterocycles. The van der Waals surface area contributed by atoms with E-state index in [1.807, 2.05) is 0 Å². The second-order valence-electron chi connectivity index (χ2n) is 18.1. The first kappa shape index (κ1) is 60.4. The van der Waals surface area contributed by atoms with Gasteiger partial charge in [-0.1, -0.05) is 230 Å². The van der Waals surface area contributed by atoms with Crippen LogP contribution in [0.1, 0.15) is 278 Å². The highest BCUT2D eigenvalue weighted by atomic mass is 16.6. The van der Waals surface area contributed by atoms with Gasteiger partial charge in [0.2, 0.25) is 0 Å². The number of ether oxygens (including phenoxy) is 3. The highest BCUT2D eigenvalue weighted by molar-refractivity contribution is 5.71. The second-order valence-corrected chi connectivity index (χ2v) is 18.1. The minimum absolute atomic E-state index is 0.0794. The molecule has 0 aliphatic carbocycles. The van der Waals surface area contributed by atoms with Crippen LogP contribution >= 0.6 is 0 Å². The van der Waals surface area contributed by atoms with Crippen molar-refractivity contribution in [1.82, 2.24) is 0 Å². The largest absolute Gasteiger partial charge is 0.462 e. The summed E-state index contributed by atoms with van der Waals surface area (Å²) in [5.41, 5.74) is 0. The Hall–Kier alpha value is -2.63. The first-order valence-corrected chi connectivity index (χ1v) is 27.1. The maximum Gasteiger partial charge on any atom is 0.306 e. The lowest BCUT2D eigenvalue weighted by molar-refractivity contribution is -0.167. The molecule has 0 heterocycles. The van der Waals surface area contributed by atoms with Gasteiger partial charge < -0.3 is 14.2 Å². The summed E-state index contributed by atoms with van der Waals surface area (Å²) in [5, 5.41) is 0. The molecule has 0 bridgehead atoms. The van der Waals surface area contributed by atoms with Crippen molar-refractivity contribution in [2.45, 2.75) is 284 Å². The standard InChI is InChI=1S/C57H102O6/c1-4-7-10-13-16-19-22-25-28-30-32-35-38-41-44-47-50-56(59)62-53-54(52-61-55(58)49-46-43-40-37-34-31-27-24-21-18-15-12-9-6-3)63-57(60)51-48-45-42-39-36-33-29-26-23-20-17-14-11-8-5-2/h9,12,18,20-21,23,27,31,54H,4-8,10-11,13-17,19,22,24-26,28-30,32-53H2,1-3H3/b12-9-,21-18-,23-20-,31-27-. The van der Waals surface area contributed by atoms with E-state index in [0.717, 1.165) is 89.9 Å². The Labute approximate surface area is 390 Å². The van der Waals surface area contributed by atoms with Gasteiger partial charge in [-0.2, -0.15) is 0 Å². The SMILES string of the molecule is CC/C=C\C/C=C\C/C=C\CCCCCCC(=O)OCC(COC(=O)CCCCCCCCCCCCCCCCCC)OC(=O)CCCCCCCCC/C=C\CCCCCC. The molecule has 1 unspecified atom stereocenters. The van der Waals surface area contributed by atoms with Gasteiger partial charge in [-0.25, -0.2) is 0 Å². The topological polar surface area (TPSA) is 78.9 Å². The average Bonchev–Trinajstić information content (AvgIpc) is 3.28. The Kier molecular flexibility index (Phi) is 49.8. The fourth-order valence-corrected chi connectivity index (χ4v) is 7.75. The molecule has 366 valence electrons. The smallest absolute Gasteiger partial charge is 0.306 e. The number of carbonyl (C=O) groups is 3. The van der Waals surface area contributed by atoms with Crippen LogP contribution in [0.15, 0.2) is 48.6 Å². The molecule has 0 fully saturated rings. The lowest BCUT2D eigenvalue weighted by Gasteiger charge is -2.18. The summed E-state index contributed by atoms with van der Waals surface area (Å²) in [4.78, 5) is 38.0. The molecular weight excluding hydrogens is 781 g/mol. The molecule has 0 aromatic rings. The van der Waals surface area contributed by atoms with E-state index in [2.05, 4.69) is 69.4 Å². The van der Waals surface area contributed by atoms with E-state index in [-0.39, 0.29) is 31.1 Å². The van der Waals surface area contributed by atoms with Crippen molar-refractivity contribution in [2.24, 2.45) is 0 Å². The van der Waals surface area contributed by atoms with Gasteiger partial charge in [0, 0.05) is 19.3 Å². The highest BCUT2D eigenvalue weighted by Gasteiger charge is 2.19. The van der Waals surface area contributed by atoms with Crippen LogP contribution in [-0.4, -0.2) is 37.2 Å². The van der Waals surface area contributed by atoms with Gasteiger partial charge in [-0.3, -0.25) is 14.4 Å². The molecule has 0 aliphatic rings. The zero-order chi connectivity index (χ0) is 45.8. The maximum absolute atomic E-state index is 12.8. The van der Waals surface area contributed by atoms with E-state index in [1.165, 1.54) is 148 Å². The zero-order valence-corrected chi connectivity index (χ0v) is 41.8. The number of hydrogen-bond acceptors (Lipinski definition) is 6. The molecule has 0 spiro atoms. The summed E-state index contributed by atoms with van der Waals surface area (Å²) in [6.45, 7) is 6.52. The number of allylic oxidation sites excluding steroid dienone is 8. The van der Waals surface area contributed by atoms with Gasteiger partial charge >= 0.3 is 17.9 Å². The first-order chi connectivity index (χ1) is 31.0. The van der Waals surface area contributed by atoms with Crippen LogP contribution in [0.4, 0.5) is 0 Å². The summed E-state index contributed by atoms with van der Waals surface area (Å²) in [5.74, 6) is -0.896. The van der Waals surface area contributed by atoms with E-state index < -0.39 is 6.10 Å². The monoisotopic (exact) mass is 883 g/mol. The Bertz CT molecular complexity index is 1110. The summed E-state index contributed by atoms with van der Waals surface area (Å²) >= 11 is 0. The fraction of sp³-hybridized carbons (Fsp3) is 0.807. The molecule has 0 aromatic carbocycles. The average molecular weight is 883 g/mol. The van der Waals surface area contributed by atoms with Gasteiger partial charge in [-0.15, -0.1) is 0 Å². The van der Waals surface area contributed by atoms with E-state index >= 15 is 0 Å². The third kappa shape index (κ3) is 50.2. The second kappa shape index (κ2) is 52.0. The van der Waals surface area contributed by atoms with Crippen molar-refractivity contribution >= 4 is 17.9 Å². The minimum Gasteiger partial charge on any atom is -0.462 e. The molecule has 0 rings (SSSR count). The van der Waals surface area contributed by atoms with Gasteiger partial charge in [0.25, 0.3) is 0 Å². The molecule has 6 heteroatoms. The van der Waals surface area contributed by atoms with E-state index in [0.29, 0.717) is 19.3 Å². The molecule has 6 nitrogen and oxygen atoms in total. The molecule has 0 saturated carbocycles. The van der Waals surface area contributed by atoms with Crippen molar-refractivity contribution in [3.63, 3.8) is 0 Å². The third-order valence-corrected chi connectivity index (χ3v) is 11.8. The molecule has 0 radical (unpaired) electrons. The molecular formula is C57H102O6. The summed E-state index contributed by atoms with van der Waals surface area (Å²) in [7, 11) is 0. The van der Waals surface area contributed by atoms with Crippen LogP contribution in [0.25, 0.3) is 0 Å².